The molecule has 1 N–H and O–H groups in total. The van der Waals surface area contributed by atoms with Crippen LogP contribution in [0.4, 0.5) is 0 Å². The summed E-state index contributed by atoms with van der Waals surface area (Å²) in [6.45, 7) is 0.792. The number of aromatic hydroxyl groups is 1. The summed E-state index contributed by atoms with van der Waals surface area (Å²) >= 11 is 3.50. The van der Waals surface area contributed by atoms with E-state index in [0.717, 1.165) is 16.7 Å². The predicted molar refractivity (Wildman–Crippen MR) is 104 cm³/mol. The van der Waals surface area contributed by atoms with Crippen LogP contribution in [0.3, 0.4) is 0 Å². The fourth-order valence-electron chi connectivity index (χ4n) is 2.50. The molecule has 0 aromatic heterocycles. The Morgan fingerprint density at radius 3 is 2.50 bits per heavy atom. The number of ether oxygens (including phenoxy) is 3. The third-order valence-corrected chi connectivity index (χ3v) is 4.65. The van der Waals surface area contributed by atoms with Gasteiger partial charge in [-0.2, -0.15) is 0 Å². The van der Waals surface area contributed by atoms with Crippen molar-refractivity contribution in [3.63, 3.8) is 0 Å². The lowest BCUT2D eigenvalue weighted by Gasteiger charge is -2.11. The first-order chi connectivity index (χ1) is 12.5. The van der Waals surface area contributed by atoms with Gasteiger partial charge in [0.15, 0.2) is 17.3 Å². The van der Waals surface area contributed by atoms with Crippen molar-refractivity contribution in [1.29, 1.82) is 0 Å². The van der Waals surface area contributed by atoms with Gasteiger partial charge in [0, 0.05) is 24.3 Å². The van der Waals surface area contributed by atoms with Crippen molar-refractivity contribution in [2.24, 2.45) is 0 Å². The molecule has 0 bridgehead atoms. The van der Waals surface area contributed by atoms with E-state index in [1.165, 1.54) is 19.3 Å². The van der Waals surface area contributed by atoms with Crippen molar-refractivity contribution in [2.45, 2.75) is 13.2 Å². The molecule has 26 heavy (non-hydrogen) atoms. The number of ketones is 1. The summed E-state index contributed by atoms with van der Waals surface area (Å²) in [4.78, 5) is 12.7. The van der Waals surface area contributed by atoms with Crippen LogP contribution in [0.1, 0.15) is 27.0 Å². The van der Waals surface area contributed by atoms with Crippen LogP contribution in [0.2, 0.25) is 0 Å². The quantitative estimate of drug-likeness (QED) is 0.507. The van der Waals surface area contributed by atoms with Gasteiger partial charge in [-0.1, -0.05) is 12.1 Å². The van der Waals surface area contributed by atoms with Crippen molar-refractivity contribution < 1.29 is 24.1 Å². The SMILES string of the molecule is COCc1cc(COC)c(Br)c(C(=O)/C=C/c2ccc(O)c(OC)c2)c1. The molecule has 5 nitrogen and oxygen atoms in total. The molecule has 0 fully saturated rings. The van der Waals surface area contributed by atoms with E-state index in [0.29, 0.717) is 29.0 Å². The molecular weight excluding hydrogens is 400 g/mol. The Bertz CT molecular complexity index is 814. The normalized spacial score (nSPS) is 11.1. The molecule has 0 saturated carbocycles. The van der Waals surface area contributed by atoms with E-state index in [1.807, 2.05) is 6.07 Å². The Labute approximate surface area is 161 Å². The Hall–Kier alpha value is -2.15. The largest absolute Gasteiger partial charge is 0.504 e. The number of phenols is 1. The summed E-state index contributed by atoms with van der Waals surface area (Å²) in [5.74, 6) is 0.250. The van der Waals surface area contributed by atoms with Crippen LogP contribution in [0, 0.1) is 0 Å². The smallest absolute Gasteiger partial charge is 0.187 e. The molecule has 6 heteroatoms. The Morgan fingerprint density at radius 1 is 1.12 bits per heavy atom. The number of phenolic OH excluding ortho intramolecular Hbond substituents is 1. The number of methoxy groups -OCH3 is 3. The van der Waals surface area contributed by atoms with E-state index in [4.69, 9.17) is 14.2 Å². The molecule has 0 amide bonds. The number of halogens is 1. The van der Waals surface area contributed by atoms with Crippen molar-refractivity contribution in [3.8, 4) is 11.5 Å². The van der Waals surface area contributed by atoms with Crippen LogP contribution in [0.5, 0.6) is 11.5 Å². The van der Waals surface area contributed by atoms with Crippen molar-refractivity contribution in [3.05, 3.63) is 63.1 Å². The number of carbonyl (C=O) groups is 1. The molecule has 0 atom stereocenters. The van der Waals surface area contributed by atoms with Gasteiger partial charge >= 0.3 is 0 Å². The van der Waals surface area contributed by atoms with Crippen molar-refractivity contribution in [1.82, 2.24) is 0 Å². The molecular formula is C20H21BrO5. The Morgan fingerprint density at radius 2 is 1.85 bits per heavy atom. The van der Waals surface area contributed by atoms with E-state index >= 15 is 0 Å². The van der Waals surface area contributed by atoms with E-state index in [9.17, 15) is 9.90 Å². The minimum Gasteiger partial charge on any atom is -0.504 e. The van der Waals surface area contributed by atoms with E-state index < -0.39 is 0 Å². The van der Waals surface area contributed by atoms with Gasteiger partial charge in [0.1, 0.15) is 0 Å². The summed E-state index contributed by atoms with van der Waals surface area (Å²) in [7, 11) is 4.69. The van der Waals surface area contributed by atoms with E-state index in [1.54, 1.807) is 38.5 Å². The monoisotopic (exact) mass is 420 g/mol. The number of allylic oxidation sites excluding steroid dienone is 1. The number of rotatable bonds is 8. The third-order valence-electron chi connectivity index (χ3n) is 3.71. The summed E-state index contributed by atoms with van der Waals surface area (Å²) in [6, 6.07) is 8.63. The second-order valence-electron chi connectivity index (χ2n) is 5.61. The zero-order valence-electron chi connectivity index (χ0n) is 14.9. The van der Waals surface area contributed by atoms with Crippen LogP contribution in [0.15, 0.2) is 40.9 Å². The molecule has 2 rings (SSSR count). The topological polar surface area (TPSA) is 65.0 Å². The van der Waals surface area contributed by atoms with E-state index in [-0.39, 0.29) is 11.5 Å². The summed E-state index contributed by atoms with van der Waals surface area (Å²) in [6.07, 6.45) is 3.16. The molecule has 2 aromatic carbocycles. The number of carbonyl (C=O) groups excluding carboxylic acids is 1. The number of hydrogen-bond donors (Lipinski definition) is 1. The molecule has 0 aliphatic heterocycles. The minimum atomic E-state index is -0.153. The highest BCUT2D eigenvalue weighted by Crippen LogP contribution is 2.28. The fraction of sp³-hybridized carbons (Fsp3) is 0.250. The van der Waals surface area contributed by atoms with Crippen molar-refractivity contribution >= 4 is 27.8 Å². The highest BCUT2D eigenvalue weighted by Gasteiger charge is 2.14. The molecule has 0 spiro atoms. The molecule has 0 aliphatic rings. The molecule has 0 radical (unpaired) electrons. The lowest BCUT2D eigenvalue weighted by molar-refractivity contribution is 0.104. The summed E-state index contributed by atoms with van der Waals surface area (Å²) in [5.41, 5.74) is 3.05. The van der Waals surface area contributed by atoms with E-state index in [2.05, 4.69) is 15.9 Å². The van der Waals surface area contributed by atoms with Gasteiger partial charge in [-0.15, -0.1) is 0 Å². The predicted octanol–water partition coefficient (Wildman–Crippen LogP) is 4.35. The van der Waals surface area contributed by atoms with Crippen LogP contribution >= 0.6 is 15.9 Å². The maximum atomic E-state index is 12.7. The lowest BCUT2D eigenvalue weighted by Crippen LogP contribution is -2.03. The van der Waals surface area contributed by atoms with Gasteiger partial charge in [-0.05, 0) is 63.0 Å². The highest BCUT2D eigenvalue weighted by atomic mass is 79.9. The molecule has 0 aliphatic carbocycles. The standard InChI is InChI=1S/C20H21BrO5/c1-24-11-14-8-15(12-25-2)20(21)16(9-14)17(22)6-4-13-5-7-18(23)19(10-13)26-3/h4-10,23H,11-12H2,1-3H3/b6-4+. The molecule has 2 aromatic rings. The first kappa shape index (κ1) is 20.2. The molecule has 0 heterocycles. The average Bonchev–Trinajstić information content (AvgIpc) is 2.63. The van der Waals surface area contributed by atoms with Gasteiger partial charge in [0.25, 0.3) is 0 Å². The van der Waals surface area contributed by atoms with Crippen LogP contribution in [-0.4, -0.2) is 32.2 Å². The highest BCUT2D eigenvalue weighted by molar-refractivity contribution is 9.10. The van der Waals surface area contributed by atoms with Gasteiger partial charge in [-0.25, -0.2) is 0 Å². The number of benzene rings is 2. The van der Waals surface area contributed by atoms with Gasteiger partial charge in [-0.3, -0.25) is 4.79 Å². The Kier molecular flexibility index (Phi) is 7.38. The van der Waals surface area contributed by atoms with Gasteiger partial charge < -0.3 is 19.3 Å². The molecule has 0 unspecified atom stereocenters. The third kappa shape index (κ3) is 4.94. The first-order valence-electron chi connectivity index (χ1n) is 7.88. The minimum absolute atomic E-state index is 0.0511. The van der Waals surface area contributed by atoms with Crippen LogP contribution in [0.25, 0.3) is 6.08 Å². The maximum Gasteiger partial charge on any atom is 0.187 e. The second kappa shape index (κ2) is 9.52. The lowest BCUT2D eigenvalue weighted by atomic mass is 10.0. The van der Waals surface area contributed by atoms with Gasteiger partial charge in [0.2, 0.25) is 0 Å². The zero-order valence-corrected chi connectivity index (χ0v) is 16.5. The molecule has 0 saturated heterocycles. The summed E-state index contributed by atoms with van der Waals surface area (Å²) < 4.78 is 16.2. The fourth-order valence-corrected chi connectivity index (χ4v) is 3.04. The van der Waals surface area contributed by atoms with Crippen LogP contribution < -0.4 is 4.74 Å². The zero-order chi connectivity index (χ0) is 19.1. The Balaban J connectivity index is 2.33. The molecule has 138 valence electrons. The number of hydrogen-bond acceptors (Lipinski definition) is 5. The van der Waals surface area contributed by atoms with Gasteiger partial charge in [0.05, 0.1) is 20.3 Å². The summed E-state index contributed by atoms with van der Waals surface area (Å²) in [5, 5.41) is 9.64. The van der Waals surface area contributed by atoms with Crippen LogP contribution in [-0.2, 0) is 22.7 Å². The second-order valence-corrected chi connectivity index (χ2v) is 6.40. The first-order valence-corrected chi connectivity index (χ1v) is 8.68. The van der Waals surface area contributed by atoms with Crippen molar-refractivity contribution in [2.75, 3.05) is 21.3 Å². The maximum absolute atomic E-state index is 12.7. The average molecular weight is 421 g/mol.